The van der Waals surface area contributed by atoms with Crippen LogP contribution in [0.15, 0.2) is 24.3 Å². The SMILES string of the molecule is COc1ccc(OCCNC(=O)NCC2CC2)cc1. The molecule has 0 heterocycles. The molecule has 1 saturated carbocycles. The number of rotatable bonds is 7. The first-order valence-electron chi connectivity index (χ1n) is 6.56. The van der Waals surface area contributed by atoms with Crippen molar-refractivity contribution in [2.45, 2.75) is 12.8 Å². The van der Waals surface area contributed by atoms with Crippen molar-refractivity contribution in [1.82, 2.24) is 10.6 Å². The third kappa shape index (κ3) is 5.07. The number of amides is 2. The molecule has 1 aliphatic carbocycles. The summed E-state index contributed by atoms with van der Waals surface area (Å²) in [6.45, 7) is 1.72. The highest BCUT2D eigenvalue weighted by Crippen LogP contribution is 2.27. The van der Waals surface area contributed by atoms with Gasteiger partial charge < -0.3 is 20.1 Å². The predicted octanol–water partition coefficient (Wildman–Crippen LogP) is 1.78. The molecule has 0 atom stereocenters. The molecule has 1 fully saturated rings. The summed E-state index contributed by atoms with van der Waals surface area (Å²) >= 11 is 0. The molecule has 2 amide bonds. The highest BCUT2D eigenvalue weighted by atomic mass is 16.5. The van der Waals surface area contributed by atoms with Gasteiger partial charge >= 0.3 is 6.03 Å². The van der Waals surface area contributed by atoms with E-state index in [4.69, 9.17) is 9.47 Å². The molecule has 104 valence electrons. The zero-order valence-electron chi connectivity index (χ0n) is 11.1. The minimum atomic E-state index is -0.120. The van der Waals surface area contributed by atoms with Gasteiger partial charge in [0.25, 0.3) is 0 Å². The second-order valence-electron chi connectivity index (χ2n) is 4.60. The van der Waals surface area contributed by atoms with E-state index in [0.29, 0.717) is 19.1 Å². The minimum Gasteiger partial charge on any atom is -0.497 e. The summed E-state index contributed by atoms with van der Waals surface area (Å²) in [6.07, 6.45) is 2.47. The number of hydrogen-bond donors (Lipinski definition) is 2. The van der Waals surface area contributed by atoms with Gasteiger partial charge in [-0.2, -0.15) is 0 Å². The van der Waals surface area contributed by atoms with Gasteiger partial charge in [0.2, 0.25) is 0 Å². The second-order valence-corrected chi connectivity index (χ2v) is 4.60. The number of carbonyl (C=O) groups excluding carboxylic acids is 1. The molecule has 0 bridgehead atoms. The van der Waals surface area contributed by atoms with Crippen molar-refractivity contribution in [2.75, 3.05) is 26.8 Å². The Morgan fingerprint density at radius 1 is 1.21 bits per heavy atom. The summed E-state index contributed by atoms with van der Waals surface area (Å²) in [4.78, 5) is 11.4. The van der Waals surface area contributed by atoms with Gasteiger partial charge in [0.15, 0.2) is 0 Å². The molecule has 1 aromatic rings. The van der Waals surface area contributed by atoms with Gasteiger partial charge in [0, 0.05) is 6.54 Å². The normalized spacial score (nSPS) is 13.7. The van der Waals surface area contributed by atoms with Crippen LogP contribution in [-0.2, 0) is 0 Å². The monoisotopic (exact) mass is 264 g/mol. The molecule has 19 heavy (non-hydrogen) atoms. The highest BCUT2D eigenvalue weighted by molar-refractivity contribution is 5.73. The van der Waals surface area contributed by atoms with Crippen molar-refractivity contribution >= 4 is 6.03 Å². The van der Waals surface area contributed by atoms with Crippen molar-refractivity contribution in [1.29, 1.82) is 0 Å². The van der Waals surface area contributed by atoms with Gasteiger partial charge in [0.05, 0.1) is 13.7 Å². The summed E-state index contributed by atoms with van der Waals surface area (Å²) < 4.78 is 10.6. The van der Waals surface area contributed by atoms with E-state index in [9.17, 15) is 4.79 Å². The first kappa shape index (κ1) is 13.5. The Bertz CT molecular complexity index is 402. The molecule has 0 spiro atoms. The van der Waals surface area contributed by atoms with Crippen LogP contribution in [-0.4, -0.2) is 32.8 Å². The van der Waals surface area contributed by atoms with E-state index in [2.05, 4.69) is 10.6 Å². The first-order chi connectivity index (χ1) is 9.28. The zero-order chi connectivity index (χ0) is 13.5. The van der Waals surface area contributed by atoms with E-state index in [1.165, 1.54) is 12.8 Å². The minimum absolute atomic E-state index is 0.120. The highest BCUT2D eigenvalue weighted by Gasteiger charge is 2.21. The van der Waals surface area contributed by atoms with E-state index in [-0.39, 0.29) is 6.03 Å². The van der Waals surface area contributed by atoms with E-state index in [1.807, 2.05) is 24.3 Å². The molecule has 5 heteroatoms. The molecule has 0 aromatic heterocycles. The van der Waals surface area contributed by atoms with Crippen molar-refractivity contribution in [3.8, 4) is 11.5 Å². The maximum atomic E-state index is 11.4. The van der Waals surface area contributed by atoms with E-state index in [1.54, 1.807) is 7.11 Å². The lowest BCUT2D eigenvalue weighted by Gasteiger charge is -2.09. The lowest BCUT2D eigenvalue weighted by molar-refractivity contribution is 0.236. The third-order valence-corrected chi connectivity index (χ3v) is 2.96. The van der Waals surface area contributed by atoms with Gasteiger partial charge in [-0.05, 0) is 43.0 Å². The van der Waals surface area contributed by atoms with E-state index >= 15 is 0 Å². The van der Waals surface area contributed by atoms with Crippen molar-refractivity contribution in [3.63, 3.8) is 0 Å². The summed E-state index contributed by atoms with van der Waals surface area (Å²) in [5.41, 5.74) is 0. The molecule has 0 saturated heterocycles. The number of benzene rings is 1. The van der Waals surface area contributed by atoms with Crippen molar-refractivity contribution < 1.29 is 14.3 Å². The lowest BCUT2D eigenvalue weighted by atomic mass is 10.3. The van der Waals surface area contributed by atoms with Gasteiger partial charge in [-0.1, -0.05) is 0 Å². The van der Waals surface area contributed by atoms with Crippen LogP contribution >= 0.6 is 0 Å². The predicted molar refractivity (Wildman–Crippen MR) is 72.6 cm³/mol. The van der Waals surface area contributed by atoms with E-state index in [0.717, 1.165) is 18.0 Å². The summed E-state index contributed by atoms with van der Waals surface area (Å²) in [6, 6.07) is 7.24. The van der Waals surface area contributed by atoms with Gasteiger partial charge in [-0.3, -0.25) is 0 Å². The Labute approximate surface area is 113 Å². The van der Waals surface area contributed by atoms with Gasteiger partial charge in [0.1, 0.15) is 18.1 Å². The summed E-state index contributed by atoms with van der Waals surface area (Å²) in [5, 5.41) is 5.60. The lowest BCUT2D eigenvalue weighted by Crippen LogP contribution is -2.38. The average molecular weight is 264 g/mol. The fraction of sp³-hybridized carbons (Fsp3) is 0.500. The molecule has 1 aliphatic rings. The number of methoxy groups -OCH3 is 1. The number of hydrogen-bond acceptors (Lipinski definition) is 3. The molecule has 2 N–H and O–H groups in total. The maximum Gasteiger partial charge on any atom is 0.314 e. The van der Waals surface area contributed by atoms with Crippen LogP contribution in [0.25, 0.3) is 0 Å². The quantitative estimate of drug-likeness (QED) is 0.738. The fourth-order valence-corrected chi connectivity index (χ4v) is 1.63. The van der Waals surface area contributed by atoms with Crippen molar-refractivity contribution in [2.24, 2.45) is 5.92 Å². The second kappa shape index (κ2) is 6.87. The first-order valence-corrected chi connectivity index (χ1v) is 6.56. The van der Waals surface area contributed by atoms with Gasteiger partial charge in [-0.15, -0.1) is 0 Å². The van der Waals surface area contributed by atoms with Crippen LogP contribution < -0.4 is 20.1 Å². The van der Waals surface area contributed by atoms with Gasteiger partial charge in [-0.25, -0.2) is 4.79 Å². The molecule has 0 radical (unpaired) electrons. The maximum absolute atomic E-state index is 11.4. The van der Waals surface area contributed by atoms with Crippen LogP contribution in [0.5, 0.6) is 11.5 Å². The number of urea groups is 1. The average Bonchev–Trinajstić information content (AvgIpc) is 3.26. The van der Waals surface area contributed by atoms with Crippen LogP contribution in [0.1, 0.15) is 12.8 Å². The number of nitrogens with one attached hydrogen (secondary N) is 2. The standard InChI is InChI=1S/C14H20N2O3/c1-18-12-4-6-13(7-5-12)19-9-8-15-14(17)16-10-11-2-3-11/h4-7,11H,2-3,8-10H2,1H3,(H2,15,16,17). The molecule has 0 aliphatic heterocycles. The molecular weight excluding hydrogens is 244 g/mol. The molecule has 2 rings (SSSR count). The number of carbonyl (C=O) groups is 1. The smallest absolute Gasteiger partial charge is 0.314 e. The van der Waals surface area contributed by atoms with Crippen LogP contribution in [0.4, 0.5) is 4.79 Å². The molecule has 0 unspecified atom stereocenters. The Morgan fingerprint density at radius 3 is 2.53 bits per heavy atom. The Morgan fingerprint density at radius 2 is 1.89 bits per heavy atom. The largest absolute Gasteiger partial charge is 0.497 e. The van der Waals surface area contributed by atoms with Crippen LogP contribution in [0.2, 0.25) is 0 Å². The van der Waals surface area contributed by atoms with E-state index < -0.39 is 0 Å². The topological polar surface area (TPSA) is 59.6 Å². The molecule has 5 nitrogen and oxygen atoms in total. The Hall–Kier alpha value is -1.91. The number of ether oxygens (including phenoxy) is 2. The van der Waals surface area contributed by atoms with Crippen molar-refractivity contribution in [3.05, 3.63) is 24.3 Å². The molecule has 1 aromatic carbocycles. The Balaban J connectivity index is 1.56. The fourth-order valence-electron chi connectivity index (χ4n) is 1.63. The summed E-state index contributed by atoms with van der Waals surface area (Å²) in [7, 11) is 1.63. The Kier molecular flexibility index (Phi) is 4.89. The third-order valence-electron chi connectivity index (χ3n) is 2.96. The zero-order valence-corrected chi connectivity index (χ0v) is 11.1. The molecular formula is C14H20N2O3. The van der Waals surface area contributed by atoms with Crippen LogP contribution in [0.3, 0.4) is 0 Å². The van der Waals surface area contributed by atoms with Crippen LogP contribution in [0, 0.1) is 5.92 Å². The summed E-state index contributed by atoms with van der Waals surface area (Å²) in [5.74, 6) is 2.26.